The van der Waals surface area contributed by atoms with Crippen LogP contribution in [0.2, 0.25) is 0 Å². The molecule has 1 aliphatic carbocycles. The Morgan fingerprint density at radius 1 is 1.29 bits per heavy atom. The van der Waals surface area contributed by atoms with E-state index in [1.54, 1.807) is 18.2 Å². The van der Waals surface area contributed by atoms with E-state index in [2.05, 4.69) is 0 Å². The van der Waals surface area contributed by atoms with Crippen molar-refractivity contribution in [3.8, 4) is 0 Å². The maximum atomic E-state index is 12.2. The first kappa shape index (κ1) is 12.1. The van der Waals surface area contributed by atoms with E-state index in [0.717, 1.165) is 17.1 Å². The molecule has 1 N–H and O–H groups in total. The normalized spacial score (nSPS) is 16.1. The zero-order valence-electron chi connectivity index (χ0n) is 9.11. The largest absolute Gasteiger partial charge is 0.480 e. The van der Waals surface area contributed by atoms with Gasteiger partial charge in [0.2, 0.25) is 10.0 Å². The third kappa shape index (κ3) is 2.65. The molecule has 6 heteroatoms. The summed E-state index contributed by atoms with van der Waals surface area (Å²) in [7, 11) is -3.68. The maximum Gasteiger partial charge on any atom is 0.318 e. The fourth-order valence-corrected chi connectivity index (χ4v) is 3.29. The summed E-state index contributed by atoms with van der Waals surface area (Å²) in [6.07, 6.45) is 1.47. The number of nitrogens with zero attached hydrogens (tertiary/aromatic N) is 1. The minimum absolute atomic E-state index is 0.146. The van der Waals surface area contributed by atoms with Gasteiger partial charge in [-0.3, -0.25) is 4.79 Å². The molecule has 92 valence electrons. The highest BCUT2D eigenvalue weighted by Crippen LogP contribution is 2.31. The van der Waals surface area contributed by atoms with E-state index in [-0.39, 0.29) is 10.9 Å². The van der Waals surface area contributed by atoms with Crippen LogP contribution in [-0.2, 0) is 14.8 Å². The number of aliphatic carboxylic acids is 1. The van der Waals surface area contributed by atoms with Gasteiger partial charge in [0.1, 0.15) is 6.54 Å². The summed E-state index contributed by atoms with van der Waals surface area (Å²) in [6.45, 7) is -0.470. The molecule has 0 radical (unpaired) electrons. The molecule has 0 heterocycles. The smallest absolute Gasteiger partial charge is 0.318 e. The number of hydrogen-bond donors (Lipinski definition) is 1. The molecule has 0 spiro atoms. The van der Waals surface area contributed by atoms with E-state index >= 15 is 0 Å². The van der Waals surface area contributed by atoms with Gasteiger partial charge in [0.15, 0.2) is 0 Å². The summed E-state index contributed by atoms with van der Waals surface area (Å²) in [5.41, 5.74) is 0. The van der Waals surface area contributed by atoms with Gasteiger partial charge in [0, 0.05) is 6.04 Å². The molecular weight excluding hydrogens is 242 g/mol. The number of rotatable bonds is 5. The van der Waals surface area contributed by atoms with Crippen molar-refractivity contribution >= 4 is 16.0 Å². The Hall–Kier alpha value is -1.40. The standard InChI is InChI=1S/C11H13NO4S/c13-11(14)8-12(9-6-7-9)17(15,16)10-4-2-1-3-5-10/h1-5,9H,6-8H2,(H,13,14). The SMILES string of the molecule is O=C(O)CN(C1CC1)S(=O)(=O)c1ccccc1. The number of sulfonamides is 1. The molecule has 0 atom stereocenters. The lowest BCUT2D eigenvalue weighted by molar-refractivity contribution is -0.137. The first-order valence-corrected chi connectivity index (χ1v) is 6.74. The van der Waals surface area contributed by atoms with Gasteiger partial charge < -0.3 is 5.11 Å². The summed E-state index contributed by atoms with van der Waals surface area (Å²) in [4.78, 5) is 10.9. The van der Waals surface area contributed by atoms with Crippen LogP contribution in [0.15, 0.2) is 35.2 Å². The van der Waals surface area contributed by atoms with Crippen molar-refractivity contribution in [1.29, 1.82) is 0 Å². The molecule has 1 aromatic carbocycles. The molecule has 0 saturated heterocycles. The van der Waals surface area contributed by atoms with Crippen LogP contribution in [0.4, 0.5) is 0 Å². The highest BCUT2D eigenvalue weighted by atomic mass is 32.2. The lowest BCUT2D eigenvalue weighted by atomic mass is 10.4. The fourth-order valence-electron chi connectivity index (χ4n) is 1.63. The monoisotopic (exact) mass is 255 g/mol. The number of hydrogen-bond acceptors (Lipinski definition) is 3. The van der Waals surface area contributed by atoms with Crippen molar-refractivity contribution in [3.63, 3.8) is 0 Å². The van der Waals surface area contributed by atoms with Gasteiger partial charge in [0.05, 0.1) is 4.90 Å². The van der Waals surface area contributed by atoms with Gasteiger partial charge in [0.25, 0.3) is 0 Å². The number of carbonyl (C=O) groups is 1. The molecule has 5 nitrogen and oxygen atoms in total. The van der Waals surface area contributed by atoms with Crippen molar-refractivity contribution < 1.29 is 18.3 Å². The molecule has 0 unspecified atom stereocenters. The van der Waals surface area contributed by atoms with Crippen LogP contribution < -0.4 is 0 Å². The first-order valence-electron chi connectivity index (χ1n) is 5.30. The Kier molecular flexibility index (Phi) is 3.17. The van der Waals surface area contributed by atoms with Gasteiger partial charge in [-0.2, -0.15) is 4.31 Å². The van der Waals surface area contributed by atoms with Crippen LogP contribution in [0.5, 0.6) is 0 Å². The van der Waals surface area contributed by atoms with Crippen LogP contribution >= 0.6 is 0 Å². The third-order valence-corrected chi connectivity index (χ3v) is 4.51. The van der Waals surface area contributed by atoms with Crippen LogP contribution in [0.25, 0.3) is 0 Å². The highest BCUT2D eigenvalue weighted by molar-refractivity contribution is 7.89. The second-order valence-electron chi connectivity index (χ2n) is 3.99. The summed E-state index contributed by atoms with van der Waals surface area (Å²) in [6, 6.07) is 7.77. The summed E-state index contributed by atoms with van der Waals surface area (Å²) in [5, 5.41) is 8.76. The third-order valence-electron chi connectivity index (χ3n) is 2.60. The average molecular weight is 255 g/mol. The molecule has 1 fully saturated rings. The van der Waals surface area contributed by atoms with Gasteiger partial charge in [-0.25, -0.2) is 8.42 Å². The van der Waals surface area contributed by atoms with E-state index in [1.807, 2.05) is 0 Å². The molecule has 17 heavy (non-hydrogen) atoms. The zero-order valence-corrected chi connectivity index (χ0v) is 9.93. The molecule has 2 rings (SSSR count). The molecule has 1 aromatic rings. The van der Waals surface area contributed by atoms with Crippen LogP contribution in [-0.4, -0.2) is 36.4 Å². The molecule has 0 bridgehead atoms. The minimum atomic E-state index is -3.68. The minimum Gasteiger partial charge on any atom is -0.480 e. The summed E-state index contributed by atoms with van der Waals surface area (Å²) >= 11 is 0. The van der Waals surface area contributed by atoms with Crippen molar-refractivity contribution in [2.24, 2.45) is 0 Å². The number of carboxylic acid groups (broad SMARTS) is 1. The van der Waals surface area contributed by atoms with E-state index in [1.165, 1.54) is 12.1 Å². The zero-order chi connectivity index (χ0) is 12.5. The van der Waals surface area contributed by atoms with Gasteiger partial charge >= 0.3 is 5.97 Å². The van der Waals surface area contributed by atoms with Crippen molar-refractivity contribution in [2.45, 2.75) is 23.8 Å². The van der Waals surface area contributed by atoms with Crippen LogP contribution in [0, 0.1) is 0 Å². The Bertz CT molecular complexity index is 508. The number of benzene rings is 1. The second kappa shape index (κ2) is 4.46. The van der Waals surface area contributed by atoms with Crippen molar-refractivity contribution in [2.75, 3.05) is 6.54 Å². The first-order chi connectivity index (χ1) is 8.01. The van der Waals surface area contributed by atoms with Crippen LogP contribution in [0.3, 0.4) is 0 Å². The lowest BCUT2D eigenvalue weighted by Gasteiger charge is -2.19. The summed E-state index contributed by atoms with van der Waals surface area (Å²) < 4.78 is 25.5. The molecule has 0 aliphatic heterocycles. The van der Waals surface area contributed by atoms with E-state index in [4.69, 9.17) is 5.11 Å². The quantitative estimate of drug-likeness (QED) is 0.849. The van der Waals surface area contributed by atoms with Gasteiger partial charge in [-0.1, -0.05) is 18.2 Å². The van der Waals surface area contributed by atoms with Gasteiger partial charge in [-0.05, 0) is 25.0 Å². The fraction of sp³-hybridized carbons (Fsp3) is 0.364. The van der Waals surface area contributed by atoms with Crippen molar-refractivity contribution in [1.82, 2.24) is 4.31 Å². The average Bonchev–Trinajstić information content (AvgIpc) is 3.10. The van der Waals surface area contributed by atoms with Gasteiger partial charge in [-0.15, -0.1) is 0 Å². The maximum absolute atomic E-state index is 12.2. The van der Waals surface area contributed by atoms with E-state index in [0.29, 0.717) is 0 Å². The Balaban J connectivity index is 2.32. The Labute approximate surface area is 99.7 Å². The summed E-state index contributed by atoms with van der Waals surface area (Å²) in [5.74, 6) is -1.13. The second-order valence-corrected chi connectivity index (χ2v) is 5.88. The topological polar surface area (TPSA) is 74.7 Å². The molecule has 0 aromatic heterocycles. The van der Waals surface area contributed by atoms with Crippen LogP contribution in [0.1, 0.15) is 12.8 Å². The lowest BCUT2D eigenvalue weighted by Crippen LogP contribution is -2.37. The predicted octanol–water partition coefficient (Wildman–Crippen LogP) is 0.924. The highest BCUT2D eigenvalue weighted by Gasteiger charge is 2.39. The predicted molar refractivity (Wildman–Crippen MR) is 61.0 cm³/mol. The van der Waals surface area contributed by atoms with Crippen molar-refractivity contribution in [3.05, 3.63) is 30.3 Å². The molecule has 1 aliphatic rings. The van der Waals surface area contributed by atoms with E-state index < -0.39 is 22.5 Å². The number of carboxylic acids is 1. The Morgan fingerprint density at radius 3 is 2.35 bits per heavy atom. The molecule has 0 amide bonds. The molecular formula is C11H13NO4S. The Morgan fingerprint density at radius 2 is 1.88 bits per heavy atom. The molecule has 1 saturated carbocycles. The van der Waals surface area contributed by atoms with E-state index in [9.17, 15) is 13.2 Å².